The minimum atomic E-state index is -0.942. The van der Waals surface area contributed by atoms with Crippen molar-refractivity contribution in [2.45, 2.75) is 123 Å². The van der Waals surface area contributed by atoms with Crippen molar-refractivity contribution in [2.75, 3.05) is 7.11 Å². The summed E-state index contributed by atoms with van der Waals surface area (Å²) in [6.07, 6.45) is 0.888. The lowest BCUT2D eigenvalue weighted by molar-refractivity contribution is -0.161. The van der Waals surface area contributed by atoms with Crippen LogP contribution in [0, 0.1) is 0 Å². The molecule has 186 valence electrons. The summed E-state index contributed by atoms with van der Waals surface area (Å²) in [7, 11) is 1.56. The molecule has 1 saturated heterocycles. The second-order valence-corrected chi connectivity index (χ2v) is 10.8. The fraction of sp³-hybridized carbons (Fsp3) is 0.870. The zero-order valence-corrected chi connectivity index (χ0v) is 21.4. The first-order chi connectivity index (χ1) is 14.5. The highest BCUT2D eigenvalue weighted by atomic mass is 16.6. The number of carbonyl (C=O) groups is 3. The molecule has 1 aliphatic rings. The van der Waals surface area contributed by atoms with Gasteiger partial charge in [0.1, 0.15) is 17.2 Å². The number of esters is 1. The smallest absolute Gasteiger partial charge is 0.411 e. The van der Waals surface area contributed by atoms with E-state index in [0.29, 0.717) is 6.42 Å². The van der Waals surface area contributed by atoms with Crippen LogP contribution in [0.25, 0.3) is 0 Å². The number of nitrogens with two attached hydrogens (primary N) is 1. The molecular formula is C23H43N3O6. The Kier molecular flexibility index (Phi) is 9.13. The first-order valence-corrected chi connectivity index (χ1v) is 11.3. The summed E-state index contributed by atoms with van der Waals surface area (Å²) in [6.45, 7) is 15.8. The number of hydrogen-bond acceptors (Lipinski definition) is 7. The number of nitrogens with one attached hydrogen (secondary N) is 1. The lowest BCUT2D eigenvalue weighted by Gasteiger charge is -2.44. The van der Waals surface area contributed by atoms with Gasteiger partial charge >= 0.3 is 12.1 Å². The second-order valence-electron chi connectivity index (χ2n) is 10.8. The maximum atomic E-state index is 13.3. The van der Waals surface area contributed by atoms with Gasteiger partial charge in [0.05, 0.1) is 17.7 Å². The topological polar surface area (TPSA) is 120 Å². The van der Waals surface area contributed by atoms with Gasteiger partial charge in [-0.25, -0.2) is 9.59 Å². The summed E-state index contributed by atoms with van der Waals surface area (Å²) in [5.41, 5.74) is 4.17. The monoisotopic (exact) mass is 457 g/mol. The Bertz CT molecular complexity index is 684. The number of carbonyl (C=O) groups excluding carboxylic acids is 3. The van der Waals surface area contributed by atoms with E-state index in [9.17, 15) is 14.4 Å². The highest BCUT2D eigenvalue weighted by Crippen LogP contribution is 2.35. The maximum absolute atomic E-state index is 13.3. The third-order valence-electron chi connectivity index (χ3n) is 5.45. The van der Waals surface area contributed by atoms with Crippen LogP contribution >= 0.6 is 0 Å². The van der Waals surface area contributed by atoms with E-state index in [1.54, 1.807) is 48.7 Å². The van der Waals surface area contributed by atoms with E-state index < -0.39 is 53.0 Å². The molecule has 5 atom stereocenters. The number of hydrogen-bond donors (Lipinski definition) is 2. The van der Waals surface area contributed by atoms with Gasteiger partial charge < -0.3 is 25.3 Å². The Morgan fingerprint density at radius 1 is 1.06 bits per heavy atom. The molecule has 0 saturated carbocycles. The van der Waals surface area contributed by atoms with E-state index in [4.69, 9.17) is 19.9 Å². The molecule has 0 spiro atoms. The van der Waals surface area contributed by atoms with E-state index >= 15 is 0 Å². The molecule has 1 heterocycles. The zero-order valence-electron chi connectivity index (χ0n) is 21.4. The lowest BCUT2D eigenvalue weighted by atomic mass is 9.83. The van der Waals surface area contributed by atoms with Crippen LogP contribution in [0.3, 0.4) is 0 Å². The van der Waals surface area contributed by atoms with E-state index in [-0.39, 0.29) is 12.3 Å². The molecule has 0 unspecified atom stereocenters. The summed E-state index contributed by atoms with van der Waals surface area (Å²) in [5.74, 6) is -0.844. The maximum Gasteiger partial charge on any atom is 0.411 e. The van der Waals surface area contributed by atoms with Gasteiger partial charge in [-0.3, -0.25) is 9.69 Å². The number of methoxy groups -OCH3 is 1. The van der Waals surface area contributed by atoms with Gasteiger partial charge in [0.2, 0.25) is 5.91 Å². The number of amides is 2. The molecule has 0 bridgehead atoms. The van der Waals surface area contributed by atoms with E-state index in [1.165, 1.54) is 11.8 Å². The molecule has 0 aromatic heterocycles. The third-order valence-corrected chi connectivity index (χ3v) is 5.45. The van der Waals surface area contributed by atoms with E-state index in [1.807, 2.05) is 13.8 Å². The van der Waals surface area contributed by atoms with Gasteiger partial charge in [-0.2, -0.15) is 0 Å². The van der Waals surface area contributed by atoms with Crippen molar-refractivity contribution in [3.63, 3.8) is 0 Å². The van der Waals surface area contributed by atoms with Crippen molar-refractivity contribution in [1.29, 1.82) is 0 Å². The van der Waals surface area contributed by atoms with Gasteiger partial charge in [-0.1, -0.05) is 13.3 Å². The van der Waals surface area contributed by atoms with Gasteiger partial charge in [0.25, 0.3) is 0 Å². The molecule has 2 amide bonds. The Morgan fingerprint density at radius 2 is 1.59 bits per heavy atom. The summed E-state index contributed by atoms with van der Waals surface area (Å²) < 4.78 is 17.1. The Labute approximate surface area is 192 Å². The number of rotatable bonds is 7. The molecule has 0 aliphatic carbocycles. The van der Waals surface area contributed by atoms with Gasteiger partial charge in [0, 0.05) is 20.1 Å². The fourth-order valence-electron chi connectivity index (χ4n) is 4.18. The first kappa shape index (κ1) is 28.2. The van der Waals surface area contributed by atoms with Crippen molar-refractivity contribution in [2.24, 2.45) is 5.73 Å². The summed E-state index contributed by atoms with van der Waals surface area (Å²) in [5, 5.41) is 2.94. The van der Waals surface area contributed by atoms with Crippen LogP contribution in [0.2, 0.25) is 0 Å². The molecule has 9 nitrogen and oxygen atoms in total. The average molecular weight is 458 g/mol. The second kappa shape index (κ2) is 10.4. The highest BCUT2D eigenvalue weighted by molar-refractivity contribution is 5.83. The normalized spacial score (nSPS) is 24.5. The average Bonchev–Trinajstić information content (AvgIpc) is 2.94. The van der Waals surface area contributed by atoms with Gasteiger partial charge in [0.15, 0.2) is 0 Å². The Balaban J connectivity index is 3.55. The zero-order chi connectivity index (χ0) is 25.1. The summed E-state index contributed by atoms with van der Waals surface area (Å²) in [6, 6.07) is -2.95. The SMILES string of the molecule is CCC[C@](C)(OC)[C@H](NC(C)=O)[C@H]1[C@H](N)C[C@H](C(=O)OC(C)(C)C)N1C(=O)OC(C)(C)C. The number of ether oxygens (including phenoxy) is 3. The molecule has 0 radical (unpaired) electrons. The van der Waals surface area contributed by atoms with Crippen LogP contribution in [-0.2, 0) is 23.8 Å². The molecular weight excluding hydrogens is 414 g/mol. The molecule has 0 aromatic carbocycles. The molecule has 0 aromatic rings. The van der Waals surface area contributed by atoms with Crippen molar-refractivity contribution in [3.8, 4) is 0 Å². The predicted octanol–water partition coefficient (Wildman–Crippen LogP) is 2.74. The van der Waals surface area contributed by atoms with Crippen molar-refractivity contribution in [1.82, 2.24) is 10.2 Å². The van der Waals surface area contributed by atoms with Gasteiger partial charge in [-0.05, 0) is 61.3 Å². The molecule has 9 heteroatoms. The van der Waals surface area contributed by atoms with Crippen LogP contribution < -0.4 is 11.1 Å². The van der Waals surface area contributed by atoms with Crippen LogP contribution in [0.4, 0.5) is 4.79 Å². The summed E-state index contributed by atoms with van der Waals surface area (Å²) >= 11 is 0. The van der Waals surface area contributed by atoms with Crippen LogP contribution in [0.15, 0.2) is 0 Å². The molecule has 1 fully saturated rings. The third kappa shape index (κ3) is 7.33. The predicted molar refractivity (Wildman–Crippen MR) is 122 cm³/mol. The largest absolute Gasteiger partial charge is 0.458 e. The van der Waals surface area contributed by atoms with Crippen molar-refractivity contribution in [3.05, 3.63) is 0 Å². The van der Waals surface area contributed by atoms with Crippen LogP contribution in [0.5, 0.6) is 0 Å². The minimum Gasteiger partial charge on any atom is -0.458 e. The standard InChI is InChI=1S/C23H43N3O6/c1-11-12-23(9,30-10)18(25-14(2)27)17-15(24)13-16(19(28)31-21(3,4)5)26(17)20(29)32-22(6,7)8/h15-18H,11-13,24H2,1-10H3,(H,25,27)/t15-,16-,17-,18-,23+/m1/s1. The number of likely N-dealkylation sites (tertiary alicyclic amines) is 1. The van der Waals surface area contributed by atoms with E-state index in [0.717, 1.165) is 6.42 Å². The minimum absolute atomic E-state index is 0.181. The molecule has 3 N–H and O–H groups in total. The van der Waals surface area contributed by atoms with E-state index in [2.05, 4.69) is 5.32 Å². The summed E-state index contributed by atoms with van der Waals surface area (Å²) in [4.78, 5) is 39.9. The fourth-order valence-corrected chi connectivity index (χ4v) is 4.18. The van der Waals surface area contributed by atoms with Gasteiger partial charge in [-0.15, -0.1) is 0 Å². The number of nitrogens with zero attached hydrogens (tertiary/aromatic N) is 1. The highest BCUT2D eigenvalue weighted by Gasteiger charge is 2.55. The molecule has 1 rings (SSSR count). The van der Waals surface area contributed by atoms with Crippen molar-refractivity contribution >= 4 is 18.0 Å². The van der Waals surface area contributed by atoms with Crippen LogP contribution in [-0.4, -0.2) is 70.9 Å². The first-order valence-electron chi connectivity index (χ1n) is 11.3. The Morgan fingerprint density at radius 3 is 2.00 bits per heavy atom. The Hall–Kier alpha value is -1.87. The lowest BCUT2D eigenvalue weighted by Crippen LogP contribution is -2.66. The van der Waals surface area contributed by atoms with Crippen LogP contribution in [0.1, 0.15) is 81.6 Å². The van der Waals surface area contributed by atoms with Crippen molar-refractivity contribution < 1.29 is 28.6 Å². The molecule has 1 aliphatic heterocycles. The molecule has 32 heavy (non-hydrogen) atoms. The quantitative estimate of drug-likeness (QED) is 0.564.